The molecule has 0 bridgehead atoms. The predicted octanol–water partition coefficient (Wildman–Crippen LogP) is 4.32. The van der Waals surface area contributed by atoms with E-state index in [-0.39, 0.29) is 5.91 Å². The van der Waals surface area contributed by atoms with Crippen LogP contribution in [0.2, 0.25) is 0 Å². The Labute approximate surface area is 165 Å². The van der Waals surface area contributed by atoms with Crippen molar-refractivity contribution in [3.05, 3.63) is 65.4 Å². The number of rotatable bonds is 4. The minimum absolute atomic E-state index is 0.0452. The molecular formula is C23H25N3O2. The van der Waals surface area contributed by atoms with Gasteiger partial charge in [-0.3, -0.25) is 4.79 Å². The Morgan fingerprint density at radius 2 is 1.96 bits per heavy atom. The third kappa shape index (κ3) is 3.85. The zero-order chi connectivity index (χ0) is 19.5. The molecule has 1 aliphatic rings. The number of amides is 1. The molecule has 2 heterocycles. The summed E-state index contributed by atoms with van der Waals surface area (Å²) in [6.45, 7) is 6.57. The maximum Gasteiger partial charge on any atom is 0.272 e. The van der Waals surface area contributed by atoms with Gasteiger partial charge in [0.25, 0.3) is 5.91 Å². The van der Waals surface area contributed by atoms with Gasteiger partial charge >= 0.3 is 0 Å². The Morgan fingerprint density at radius 3 is 2.75 bits per heavy atom. The van der Waals surface area contributed by atoms with Gasteiger partial charge in [0.05, 0.1) is 24.4 Å². The topological polar surface area (TPSA) is 54.5 Å². The van der Waals surface area contributed by atoms with Crippen LogP contribution in [0.25, 0.3) is 10.9 Å². The van der Waals surface area contributed by atoms with E-state index in [9.17, 15) is 4.79 Å². The van der Waals surface area contributed by atoms with Crippen molar-refractivity contribution in [2.24, 2.45) is 0 Å². The molecule has 1 saturated heterocycles. The first-order valence-electron chi connectivity index (χ1n) is 9.78. The van der Waals surface area contributed by atoms with Crippen molar-refractivity contribution in [2.75, 3.05) is 31.6 Å². The van der Waals surface area contributed by atoms with Crippen LogP contribution in [-0.2, 0) is 11.2 Å². The highest BCUT2D eigenvalue weighted by molar-refractivity contribution is 6.00. The molecule has 1 amide bonds. The van der Waals surface area contributed by atoms with Crippen molar-refractivity contribution >= 4 is 28.2 Å². The molecule has 0 aliphatic carbocycles. The summed E-state index contributed by atoms with van der Waals surface area (Å²) in [7, 11) is 0. The maximum atomic E-state index is 13.0. The number of fused-ring (bicyclic) bond motifs is 1. The first-order valence-corrected chi connectivity index (χ1v) is 9.78. The van der Waals surface area contributed by atoms with Gasteiger partial charge in [-0.2, -0.15) is 0 Å². The number of hydrogen-bond acceptors (Lipinski definition) is 4. The van der Waals surface area contributed by atoms with Crippen molar-refractivity contribution in [1.82, 2.24) is 9.88 Å². The molecule has 5 heteroatoms. The first-order chi connectivity index (χ1) is 13.6. The van der Waals surface area contributed by atoms with Crippen molar-refractivity contribution in [3.63, 3.8) is 0 Å². The molecule has 0 unspecified atom stereocenters. The Balaban J connectivity index is 1.76. The average Bonchev–Trinajstić information content (AvgIpc) is 2.74. The molecule has 4 rings (SSSR count). The van der Waals surface area contributed by atoms with E-state index in [1.165, 1.54) is 5.56 Å². The number of carbonyl (C=O) groups excluding carboxylic acids is 1. The Morgan fingerprint density at radius 1 is 1.14 bits per heavy atom. The van der Waals surface area contributed by atoms with Crippen LogP contribution in [0.3, 0.4) is 0 Å². The van der Waals surface area contributed by atoms with E-state index >= 15 is 0 Å². The monoisotopic (exact) mass is 375 g/mol. The van der Waals surface area contributed by atoms with E-state index in [2.05, 4.69) is 48.4 Å². The van der Waals surface area contributed by atoms with E-state index in [1.807, 2.05) is 29.2 Å². The van der Waals surface area contributed by atoms with Crippen molar-refractivity contribution in [2.45, 2.75) is 20.3 Å². The molecule has 1 N–H and O–H groups in total. The van der Waals surface area contributed by atoms with Gasteiger partial charge in [-0.15, -0.1) is 0 Å². The summed E-state index contributed by atoms with van der Waals surface area (Å²) in [4.78, 5) is 19.5. The number of nitrogens with one attached hydrogen (secondary N) is 1. The second-order valence-corrected chi connectivity index (χ2v) is 7.16. The number of ether oxygens (including phenoxy) is 1. The maximum absolute atomic E-state index is 13.0. The lowest BCUT2D eigenvalue weighted by molar-refractivity contribution is 0.0299. The van der Waals surface area contributed by atoms with Gasteiger partial charge in [0.1, 0.15) is 5.69 Å². The summed E-state index contributed by atoms with van der Waals surface area (Å²) >= 11 is 0. The lowest BCUT2D eigenvalue weighted by atomic mass is 10.1. The fraction of sp³-hybridized carbons (Fsp3) is 0.304. The van der Waals surface area contributed by atoms with E-state index in [1.54, 1.807) is 0 Å². The van der Waals surface area contributed by atoms with E-state index in [0.717, 1.165) is 34.3 Å². The van der Waals surface area contributed by atoms with E-state index in [4.69, 9.17) is 4.74 Å². The average molecular weight is 375 g/mol. The number of anilines is 2. The largest absolute Gasteiger partial charge is 0.378 e. The Kier molecular flexibility index (Phi) is 5.26. The summed E-state index contributed by atoms with van der Waals surface area (Å²) in [6, 6.07) is 16.4. The Hall–Kier alpha value is -2.92. The number of aromatic nitrogens is 1. The van der Waals surface area contributed by atoms with Gasteiger partial charge in [0.2, 0.25) is 0 Å². The zero-order valence-electron chi connectivity index (χ0n) is 16.4. The zero-order valence-corrected chi connectivity index (χ0v) is 16.4. The van der Waals surface area contributed by atoms with Gasteiger partial charge in [0, 0.05) is 24.2 Å². The number of benzene rings is 2. The molecular weight excluding hydrogens is 350 g/mol. The molecule has 28 heavy (non-hydrogen) atoms. The number of aryl methyl sites for hydroxylation is 2. The smallest absolute Gasteiger partial charge is 0.272 e. The quantitative estimate of drug-likeness (QED) is 0.738. The molecule has 144 valence electrons. The summed E-state index contributed by atoms with van der Waals surface area (Å²) in [5.74, 6) is -0.0452. The summed E-state index contributed by atoms with van der Waals surface area (Å²) in [6.07, 6.45) is 0.979. The molecule has 0 atom stereocenters. The molecule has 5 nitrogen and oxygen atoms in total. The molecule has 1 aliphatic heterocycles. The summed E-state index contributed by atoms with van der Waals surface area (Å²) < 4.78 is 5.37. The fourth-order valence-electron chi connectivity index (χ4n) is 3.51. The van der Waals surface area contributed by atoms with Crippen molar-refractivity contribution < 1.29 is 9.53 Å². The molecule has 0 saturated carbocycles. The van der Waals surface area contributed by atoms with Crippen LogP contribution in [0, 0.1) is 6.92 Å². The van der Waals surface area contributed by atoms with Crippen molar-refractivity contribution in [3.8, 4) is 0 Å². The van der Waals surface area contributed by atoms with Crippen LogP contribution >= 0.6 is 0 Å². The second kappa shape index (κ2) is 7.98. The van der Waals surface area contributed by atoms with Crippen LogP contribution in [0.15, 0.2) is 48.5 Å². The van der Waals surface area contributed by atoms with E-state index < -0.39 is 0 Å². The van der Waals surface area contributed by atoms with Gasteiger partial charge in [0.15, 0.2) is 0 Å². The van der Waals surface area contributed by atoms with Crippen LogP contribution in [-0.4, -0.2) is 42.1 Å². The lowest BCUT2D eigenvalue weighted by Gasteiger charge is -2.26. The molecule has 1 fully saturated rings. The SMILES string of the molecule is CCc1cccc(Nc2cc(C(=O)N3CCOCC3)nc3ccc(C)cc23)c1. The summed E-state index contributed by atoms with van der Waals surface area (Å²) in [5, 5.41) is 4.53. The highest BCUT2D eigenvalue weighted by atomic mass is 16.5. The normalized spacial score (nSPS) is 14.3. The minimum atomic E-state index is -0.0452. The third-order valence-corrected chi connectivity index (χ3v) is 5.10. The van der Waals surface area contributed by atoms with Gasteiger partial charge < -0.3 is 15.0 Å². The van der Waals surface area contributed by atoms with Gasteiger partial charge in [-0.05, 0) is 49.2 Å². The molecule has 0 spiro atoms. The van der Waals surface area contributed by atoms with Crippen LogP contribution < -0.4 is 5.32 Å². The third-order valence-electron chi connectivity index (χ3n) is 5.10. The highest BCUT2D eigenvalue weighted by Gasteiger charge is 2.21. The second-order valence-electron chi connectivity index (χ2n) is 7.16. The minimum Gasteiger partial charge on any atom is -0.378 e. The first kappa shape index (κ1) is 18.4. The van der Waals surface area contributed by atoms with Gasteiger partial charge in [-0.25, -0.2) is 4.98 Å². The van der Waals surface area contributed by atoms with Crippen LogP contribution in [0.4, 0.5) is 11.4 Å². The van der Waals surface area contributed by atoms with Crippen molar-refractivity contribution in [1.29, 1.82) is 0 Å². The van der Waals surface area contributed by atoms with Crippen LogP contribution in [0.1, 0.15) is 28.5 Å². The number of nitrogens with zero attached hydrogens (tertiary/aromatic N) is 2. The fourth-order valence-corrected chi connectivity index (χ4v) is 3.51. The molecule has 0 radical (unpaired) electrons. The van der Waals surface area contributed by atoms with E-state index in [0.29, 0.717) is 32.0 Å². The standard InChI is InChI=1S/C23H25N3O2/c1-3-17-5-4-6-18(14-17)24-21-15-22(23(27)26-9-11-28-12-10-26)25-20-8-7-16(2)13-19(20)21/h4-8,13-15H,3,9-12H2,1-2H3,(H,24,25). The number of morpholine rings is 1. The Bertz CT molecular complexity index is 1010. The molecule has 2 aromatic carbocycles. The lowest BCUT2D eigenvalue weighted by Crippen LogP contribution is -2.41. The molecule has 1 aromatic heterocycles. The predicted molar refractivity (Wildman–Crippen MR) is 112 cm³/mol. The number of carbonyl (C=O) groups is 1. The highest BCUT2D eigenvalue weighted by Crippen LogP contribution is 2.28. The summed E-state index contributed by atoms with van der Waals surface area (Å²) in [5.41, 5.74) is 5.62. The molecule has 3 aromatic rings. The number of pyridine rings is 1. The van der Waals surface area contributed by atoms with Gasteiger partial charge in [-0.1, -0.05) is 30.7 Å². The van der Waals surface area contributed by atoms with Crippen LogP contribution in [0.5, 0.6) is 0 Å². The number of hydrogen-bond donors (Lipinski definition) is 1.